The first-order chi connectivity index (χ1) is 14.6. The van der Waals surface area contributed by atoms with Crippen molar-refractivity contribution in [3.63, 3.8) is 0 Å². The zero-order valence-corrected chi connectivity index (χ0v) is 17.7. The van der Waals surface area contributed by atoms with E-state index in [2.05, 4.69) is 20.9 Å². The van der Waals surface area contributed by atoms with Crippen LogP contribution in [0.5, 0.6) is 11.5 Å². The van der Waals surface area contributed by atoms with Crippen LogP contribution in [0.3, 0.4) is 0 Å². The average Bonchev–Trinajstić information content (AvgIpc) is 3.14. The third kappa shape index (κ3) is 4.06. The summed E-state index contributed by atoms with van der Waals surface area (Å²) in [6, 6.07) is 13.8. The van der Waals surface area contributed by atoms with Crippen LogP contribution >= 0.6 is 0 Å². The van der Waals surface area contributed by atoms with Crippen molar-refractivity contribution in [3.05, 3.63) is 48.0 Å². The van der Waals surface area contributed by atoms with Crippen molar-refractivity contribution >= 4 is 22.9 Å². The van der Waals surface area contributed by atoms with Gasteiger partial charge in [0.15, 0.2) is 0 Å². The molecule has 1 N–H and O–H groups in total. The van der Waals surface area contributed by atoms with E-state index < -0.39 is 0 Å². The number of fused-ring (bicyclic) bond motifs is 1. The number of piperidine rings is 1. The molecule has 2 aromatic carbocycles. The highest BCUT2D eigenvalue weighted by molar-refractivity contribution is 5.81. The number of para-hydroxylation sites is 2. The fraction of sp³-hybridized carbons (Fsp3) is 0.391. The molecule has 7 nitrogen and oxygen atoms in total. The third-order valence-electron chi connectivity index (χ3n) is 5.72. The normalized spacial score (nSPS) is 16.5. The fourth-order valence-corrected chi connectivity index (χ4v) is 4.09. The Kier molecular flexibility index (Phi) is 5.79. The van der Waals surface area contributed by atoms with E-state index in [1.54, 1.807) is 14.2 Å². The molecule has 1 atom stereocenters. The molecule has 0 saturated carbocycles. The monoisotopic (exact) mass is 408 g/mol. The number of benzene rings is 2. The van der Waals surface area contributed by atoms with Crippen LogP contribution in [0.25, 0.3) is 11.0 Å². The van der Waals surface area contributed by atoms with E-state index in [0.717, 1.165) is 41.9 Å². The summed E-state index contributed by atoms with van der Waals surface area (Å²) in [7, 11) is 5.27. The van der Waals surface area contributed by atoms with Gasteiger partial charge in [0.1, 0.15) is 11.5 Å². The summed E-state index contributed by atoms with van der Waals surface area (Å²) in [6.07, 6.45) is 1.85. The zero-order chi connectivity index (χ0) is 21.1. The van der Waals surface area contributed by atoms with Gasteiger partial charge in [0.05, 0.1) is 31.2 Å². The highest BCUT2D eigenvalue weighted by Crippen LogP contribution is 2.26. The van der Waals surface area contributed by atoms with E-state index in [4.69, 9.17) is 14.5 Å². The summed E-state index contributed by atoms with van der Waals surface area (Å²) < 4.78 is 12.7. The molecule has 4 rings (SSSR count). The number of imidazole rings is 1. The molecule has 30 heavy (non-hydrogen) atoms. The lowest BCUT2D eigenvalue weighted by atomic mass is 9.97. The van der Waals surface area contributed by atoms with Gasteiger partial charge in [0.2, 0.25) is 11.9 Å². The van der Waals surface area contributed by atoms with Crippen LogP contribution in [0.2, 0.25) is 0 Å². The van der Waals surface area contributed by atoms with Gasteiger partial charge in [-0.25, -0.2) is 4.98 Å². The molecule has 0 spiro atoms. The molecule has 3 aromatic rings. The first-order valence-corrected chi connectivity index (χ1v) is 10.2. The number of carbonyl (C=O) groups is 1. The summed E-state index contributed by atoms with van der Waals surface area (Å²) in [4.78, 5) is 19.9. The molecule has 1 fully saturated rings. The second-order valence-electron chi connectivity index (χ2n) is 7.68. The number of hydrogen-bond acceptors (Lipinski definition) is 5. The van der Waals surface area contributed by atoms with Gasteiger partial charge in [-0.15, -0.1) is 0 Å². The second-order valence-corrected chi connectivity index (χ2v) is 7.68. The summed E-state index contributed by atoms with van der Waals surface area (Å²) >= 11 is 0. The Hall–Kier alpha value is -3.22. The van der Waals surface area contributed by atoms with Crippen molar-refractivity contribution in [2.75, 3.05) is 32.2 Å². The van der Waals surface area contributed by atoms with Crippen molar-refractivity contribution in [2.45, 2.75) is 19.4 Å². The number of nitrogens with zero attached hydrogens (tertiary/aromatic N) is 3. The Morgan fingerprint density at radius 3 is 2.60 bits per heavy atom. The first kappa shape index (κ1) is 20.1. The fourth-order valence-electron chi connectivity index (χ4n) is 4.09. The molecule has 1 aromatic heterocycles. The van der Waals surface area contributed by atoms with Crippen LogP contribution in [0, 0.1) is 5.92 Å². The molecule has 0 radical (unpaired) electrons. The number of carbonyl (C=O) groups excluding carboxylic acids is 1. The minimum atomic E-state index is -0.0638. The maximum atomic E-state index is 12.9. The predicted molar refractivity (Wildman–Crippen MR) is 117 cm³/mol. The second kappa shape index (κ2) is 8.65. The van der Waals surface area contributed by atoms with Gasteiger partial charge < -0.3 is 24.3 Å². The topological polar surface area (TPSA) is 68.6 Å². The lowest BCUT2D eigenvalue weighted by Crippen LogP contribution is -2.43. The highest BCUT2D eigenvalue weighted by Gasteiger charge is 2.28. The van der Waals surface area contributed by atoms with E-state index in [9.17, 15) is 4.79 Å². The molecule has 1 aliphatic heterocycles. The van der Waals surface area contributed by atoms with Crippen LogP contribution in [0.1, 0.15) is 18.4 Å². The molecule has 158 valence electrons. The van der Waals surface area contributed by atoms with Gasteiger partial charge in [-0.05, 0) is 42.7 Å². The number of ether oxygens (including phenoxy) is 2. The van der Waals surface area contributed by atoms with Crippen molar-refractivity contribution in [1.29, 1.82) is 0 Å². The van der Waals surface area contributed by atoms with Crippen molar-refractivity contribution in [1.82, 2.24) is 14.9 Å². The summed E-state index contributed by atoms with van der Waals surface area (Å²) in [5.41, 5.74) is 3.03. The van der Waals surface area contributed by atoms with E-state index in [1.165, 1.54) is 0 Å². The van der Waals surface area contributed by atoms with E-state index in [1.807, 2.05) is 43.4 Å². The Morgan fingerprint density at radius 1 is 1.17 bits per heavy atom. The maximum Gasteiger partial charge on any atom is 0.225 e. The van der Waals surface area contributed by atoms with E-state index in [-0.39, 0.29) is 11.8 Å². The lowest BCUT2D eigenvalue weighted by molar-refractivity contribution is -0.125. The van der Waals surface area contributed by atoms with Crippen LogP contribution in [-0.2, 0) is 18.4 Å². The van der Waals surface area contributed by atoms with E-state index >= 15 is 0 Å². The smallest absolute Gasteiger partial charge is 0.225 e. The minimum Gasteiger partial charge on any atom is -0.497 e. The van der Waals surface area contributed by atoms with Gasteiger partial charge in [-0.2, -0.15) is 0 Å². The quantitative estimate of drug-likeness (QED) is 0.679. The third-order valence-corrected chi connectivity index (χ3v) is 5.72. The number of nitrogens with one attached hydrogen (secondary N) is 1. The number of anilines is 1. The largest absolute Gasteiger partial charge is 0.497 e. The summed E-state index contributed by atoms with van der Waals surface area (Å²) in [5.74, 6) is 2.35. The van der Waals surface area contributed by atoms with Gasteiger partial charge in [0, 0.05) is 32.7 Å². The van der Waals surface area contributed by atoms with Crippen LogP contribution < -0.4 is 19.7 Å². The Balaban J connectivity index is 1.43. The number of hydrogen-bond donors (Lipinski definition) is 1. The summed E-state index contributed by atoms with van der Waals surface area (Å²) in [6.45, 7) is 2.02. The van der Waals surface area contributed by atoms with Crippen molar-refractivity contribution in [2.24, 2.45) is 13.0 Å². The molecule has 0 unspecified atom stereocenters. The van der Waals surface area contributed by atoms with Crippen LogP contribution in [-0.4, -0.2) is 42.8 Å². The molecular formula is C23H28N4O3. The van der Waals surface area contributed by atoms with Crippen LogP contribution in [0.4, 0.5) is 5.95 Å². The Bertz CT molecular complexity index is 1020. The minimum absolute atomic E-state index is 0.0638. The molecule has 1 saturated heterocycles. The summed E-state index contributed by atoms with van der Waals surface area (Å²) in [5, 5.41) is 3.08. The number of aromatic nitrogens is 2. The molecule has 2 heterocycles. The van der Waals surface area contributed by atoms with E-state index in [0.29, 0.717) is 24.6 Å². The number of amides is 1. The highest BCUT2D eigenvalue weighted by atomic mass is 16.5. The van der Waals surface area contributed by atoms with Gasteiger partial charge in [-0.1, -0.05) is 12.1 Å². The Morgan fingerprint density at radius 2 is 1.90 bits per heavy atom. The SMILES string of the molecule is COc1cc(CNC(=O)[C@@H]2CCCN(c3nc4ccccc4n3C)C2)cc(OC)c1. The Labute approximate surface area is 176 Å². The lowest BCUT2D eigenvalue weighted by Gasteiger charge is -2.32. The average molecular weight is 409 g/mol. The molecule has 1 aliphatic rings. The standard InChI is InChI=1S/C23H28N4O3/c1-26-21-9-5-4-8-20(21)25-23(26)27-10-6-7-17(15-27)22(28)24-14-16-11-18(29-2)13-19(12-16)30-3/h4-5,8-9,11-13,17H,6-7,10,14-15H2,1-3H3,(H,24,28)/t17-/m1/s1. The molecule has 1 amide bonds. The first-order valence-electron chi connectivity index (χ1n) is 10.2. The molecule has 7 heteroatoms. The molecule has 0 aliphatic carbocycles. The van der Waals surface area contributed by atoms with Gasteiger partial charge in [0.25, 0.3) is 0 Å². The van der Waals surface area contributed by atoms with Crippen molar-refractivity contribution < 1.29 is 14.3 Å². The number of methoxy groups -OCH3 is 2. The van der Waals surface area contributed by atoms with Gasteiger partial charge in [-0.3, -0.25) is 4.79 Å². The van der Waals surface area contributed by atoms with Crippen LogP contribution in [0.15, 0.2) is 42.5 Å². The molecule has 0 bridgehead atoms. The maximum absolute atomic E-state index is 12.9. The van der Waals surface area contributed by atoms with Crippen molar-refractivity contribution in [3.8, 4) is 11.5 Å². The molecular weight excluding hydrogens is 380 g/mol. The number of aryl methyl sites for hydroxylation is 1. The van der Waals surface area contributed by atoms with Gasteiger partial charge >= 0.3 is 0 Å². The number of rotatable bonds is 6. The zero-order valence-electron chi connectivity index (χ0n) is 17.7. The predicted octanol–water partition coefficient (Wildman–Crippen LogP) is 3.12.